The Morgan fingerprint density at radius 1 is 1.23 bits per heavy atom. The summed E-state index contributed by atoms with van der Waals surface area (Å²) in [5, 5.41) is 4.26. The van der Waals surface area contributed by atoms with E-state index in [1.165, 1.54) is 0 Å². The highest BCUT2D eigenvalue weighted by Gasteiger charge is 2.33. The van der Waals surface area contributed by atoms with Gasteiger partial charge < -0.3 is 14.5 Å². The Morgan fingerprint density at radius 2 is 2.04 bits per heavy atom. The molecule has 1 fully saturated rings. The van der Waals surface area contributed by atoms with Crippen molar-refractivity contribution in [2.45, 2.75) is 31.9 Å². The summed E-state index contributed by atoms with van der Waals surface area (Å²) in [5.41, 5.74) is 1.05. The zero-order valence-corrected chi connectivity index (χ0v) is 15.3. The Labute approximate surface area is 154 Å². The van der Waals surface area contributed by atoms with Crippen LogP contribution in [0.25, 0.3) is 0 Å². The van der Waals surface area contributed by atoms with E-state index in [-0.39, 0.29) is 5.91 Å². The van der Waals surface area contributed by atoms with E-state index >= 15 is 0 Å². The molecule has 0 N–H and O–H groups in total. The fourth-order valence-electron chi connectivity index (χ4n) is 3.93. The quantitative estimate of drug-likeness (QED) is 0.846. The average Bonchev–Trinajstić information content (AvgIpc) is 3.20. The molecule has 1 aromatic carbocycles. The van der Waals surface area contributed by atoms with Crippen LogP contribution >= 0.6 is 0 Å². The first-order chi connectivity index (χ1) is 12.7. The number of nitrogens with zero attached hydrogens (tertiary/aromatic N) is 4. The van der Waals surface area contributed by atoms with Crippen molar-refractivity contribution in [3.8, 4) is 5.75 Å². The molecule has 1 saturated heterocycles. The van der Waals surface area contributed by atoms with Crippen molar-refractivity contribution in [3.05, 3.63) is 42.7 Å². The van der Waals surface area contributed by atoms with Crippen LogP contribution in [0.1, 0.15) is 19.3 Å². The lowest BCUT2D eigenvalue weighted by Crippen LogP contribution is -2.51. The van der Waals surface area contributed by atoms with Gasteiger partial charge >= 0.3 is 0 Å². The molecule has 1 amide bonds. The molecule has 6 nitrogen and oxygen atoms in total. The highest BCUT2D eigenvalue weighted by molar-refractivity contribution is 5.83. The molecule has 0 saturated carbocycles. The minimum absolute atomic E-state index is 0.122. The van der Waals surface area contributed by atoms with Gasteiger partial charge in [0.15, 0.2) is 6.10 Å². The summed E-state index contributed by atoms with van der Waals surface area (Å²) in [4.78, 5) is 17.0. The minimum atomic E-state index is -0.407. The smallest absolute Gasteiger partial charge is 0.265 e. The second-order valence-corrected chi connectivity index (χ2v) is 7.28. The Hall–Kier alpha value is -2.50. The predicted molar refractivity (Wildman–Crippen MR) is 100 cm³/mol. The number of para-hydroxylation sites is 2. The maximum atomic E-state index is 12.9. The summed E-state index contributed by atoms with van der Waals surface area (Å²) in [6.07, 6.45) is 6.67. The van der Waals surface area contributed by atoms with Gasteiger partial charge in [-0.1, -0.05) is 12.1 Å². The van der Waals surface area contributed by atoms with Gasteiger partial charge in [0.25, 0.3) is 5.91 Å². The molecule has 3 heterocycles. The number of likely N-dealkylation sites (tertiary alicyclic amines) is 1. The van der Waals surface area contributed by atoms with E-state index in [1.54, 1.807) is 0 Å². The van der Waals surface area contributed by atoms with Gasteiger partial charge in [0.05, 0.1) is 12.2 Å². The third-order valence-electron chi connectivity index (χ3n) is 5.51. The van der Waals surface area contributed by atoms with E-state index in [9.17, 15) is 4.79 Å². The van der Waals surface area contributed by atoms with Crippen LogP contribution in [0.2, 0.25) is 0 Å². The van der Waals surface area contributed by atoms with Crippen molar-refractivity contribution in [1.29, 1.82) is 0 Å². The summed E-state index contributed by atoms with van der Waals surface area (Å²) >= 11 is 0. The van der Waals surface area contributed by atoms with Gasteiger partial charge in [-0.3, -0.25) is 9.48 Å². The van der Waals surface area contributed by atoms with Crippen LogP contribution in [0.3, 0.4) is 0 Å². The van der Waals surface area contributed by atoms with Crippen molar-refractivity contribution in [2.24, 2.45) is 5.92 Å². The molecule has 0 unspecified atom stereocenters. The molecule has 2 aliphatic rings. The Kier molecular flexibility index (Phi) is 4.82. The van der Waals surface area contributed by atoms with Crippen molar-refractivity contribution in [3.63, 3.8) is 0 Å². The lowest BCUT2D eigenvalue weighted by molar-refractivity contribution is -0.140. The lowest BCUT2D eigenvalue weighted by atomic mass is 9.93. The monoisotopic (exact) mass is 354 g/mol. The number of ether oxygens (including phenoxy) is 1. The molecule has 4 rings (SSSR count). The number of rotatable bonds is 4. The van der Waals surface area contributed by atoms with Gasteiger partial charge in [0.1, 0.15) is 5.75 Å². The number of carbonyl (C=O) groups is 1. The number of likely N-dealkylation sites (N-methyl/N-ethyl adjacent to an activating group) is 1. The van der Waals surface area contributed by atoms with Crippen molar-refractivity contribution in [1.82, 2.24) is 14.7 Å². The summed E-state index contributed by atoms with van der Waals surface area (Å²) in [7, 11) is 2.02. The normalized spacial score (nSPS) is 20.6. The maximum absolute atomic E-state index is 12.9. The Bertz CT molecular complexity index is 738. The van der Waals surface area contributed by atoms with E-state index in [1.807, 2.05) is 59.4 Å². The number of fused-ring (bicyclic) bond motifs is 1. The topological polar surface area (TPSA) is 50.6 Å². The number of aryl methyl sites for hydroxylation is 1. The second kappa shape index (κ2) is 7.40. The van der Waals surface area contributed by atoms with E-state index < -0.39 is 6.10 Å². The van der Waals surface area contributed by atoms with Gasteiger partial charge in [-0.05, 0) is 43.4 Å². The Balaban J connectivity index is 1.30. The number of hydrogen-bond acceptors (Lipinski definition) is 4. The number of aromatic nitrogens is 2. The third-order valence-corrected chi connectivity index (χ3v) is 5.51. The number of amides is 1. The zero-order chi connectivity index (χ0) is 17.9. The molecule has 2 aliphatic heterocycles. The summed E-state index contributed by atoms with van der Waals surface area (Å²) in [6.45, 7) is 3.22. The van der Waals surface area contributed by atoms with E-state index in [0.717, 1.165) is 50.3 Å². The first-order valence-electron chi connectivity index (χ1n) is 9.44. The molecule has 2 aromatic rings. The molecule has 6 heteroatoms. The van der Waals surface area contributed by atoms with Gasteiger partial charge in [0, 0.05) is 39.1 Å². The molecule has 0 bridgehead atoms. The highest BCUT2D eigenvalue weighted by Crippen LogP contribution is 2.32. The average molecular weight is 354 g/mol. The van der Waals surface area contributed by atoms with E-state index in [2.05, 4.69) is 10.00 Å². The third kappa shape index (κ3) is 3.54. The summed E-state index contributed by atoms with van der Waals surface area (Å²) < 4.78 is 7.98. The highest BCUT2D eigenvalue weighted by atomic mass is 16.5. The van der Waals surface area contributed by atoms with Crippen molar-refractivity contribution < 1.29 is 9.53 Å². The first kappa shape index (κ1) is 16.9. The van der Waals surface area contributed by atoms with Crippen LogP contribution < -0.4 is 9.64 Å². The molecule has 1 atom stereocenters. The SMILES string of the molecule is CN1C[C@H](C(=O)N2CCC(CCn3cccn3)CC2)Oc2ccccc21. The number of hydrogen-bond donors (Lipinski definition) is 0. The molecular formula is C20H26N4O2. The van der Waals surface area contributed by atoms with Crippen LogP contribution in [0.4, 0.5) is 5.69 Å². The molecule has 0 spiro atoms. The fourth-order valence-corrected chi connectivity index (χ4v) is 3.93. The van der Waals surface area contributed by atoms with E-state index in [4.69, 9.17) is 4.74 Å². The molecule has 0 radical (unpaired) electrons. The van der Waals surface area contributed by atoms with Crippen molar-refractivity contribution in [2.75, 3.05) is 31.6 Å². The Morgan fingerprint density at radius 3 is 2.81 bits per heavy atom. The van der Waals surface area contributed by atoms with Crippen LogP contribution in [0, 0.1) is 5.92 Å². The molecule has 1 aromatic heterocycles. The van der Waals surface area contributed by atoms with Gasteiger partial charge in [-0.15, -0.1) is 0 Å². The van der Waals surface area contributed by atoms with Crippen LogP contribution in [-0.4, -0.2) is 53.4 Å². The number of benzene rings is 1. The van der Waals surface area contributed by atoms with Gasteiger partial charge in [-0.25, -0.2) is 0 Å². The van der Waals surface area contributed by atoms with Gasteiger partial charge in [-0.2, -0.15) is 5.10 Å². The van der Waals surface area contributed by atoms with Gasteiger partial charge in [0.2, 0.25) is 0 Å². The standard InChI is InChI=1S/C20H26N4O2/c1-22-15-19(26-18-6-3-2-5-17(18)22)20(25)23-12-7-16(8-13-23)9-14-24-11-4-10-21-24/h2-6,10-11,16,19H,7-9,12-15H2,1H3/t19-/m1/s1. The number of carbonyl (C=O) groups excluding carboxylic acids is 1. The van der Waals surface area contributed by atoms with Crippen molar-refractivity contribution >= 4 is 11.6 Å². The minimum Gasteiger partial charge on any atom is -0.477 e. The number of piperidine rings is 1. The lowest BCUT2D eigenvalue weighted by Gasteiger charge is -2.38. The van der Waals surface area contributed by atoms with Crippen LogP contribution in [-0.2, 0) is 11.3 Å². The van der Waals surface area contributed by atoms with Crippen LogP contribution in [0.15, 0.2) is 42.7 Å². The maximum Gasteiger partial charge on any atom is 0.265 e. The first-order valence-corrected chi connectivity index (χ1v) is 9.44. The molecule has 26 heavy (non-hydrogen) atoms. The largest absolute Gasteiger partial charge is 0.477 e. The second-order valence-electron chi connectivity index (χ2n) is 7.28. The fraction of sp³-hybridized carbons (Fsp3) is 0.500. The molecular weight excluding hydrogens is 328 g/mol. The van der Waals surface area contributed by atoms with Crippen LogP contribution in [0.5, 0.6) is 5.75 Å². The summed E-state index contributed by atoms with van der Waals surface area (Å²) in [6, 6.07) is 9.87. The summed E-state index contributed by atoms with van der Waals surface area (Å²) in [5.74, 6) is 1.59. The number of anilines is 1. The zero-order valence-electron chi connectivity index (χ0n) is 15.3. The van der Waals surface area contributed by atoms with E-state index in [0.29, 0.717) is 12.5 Å². The molecule has 0 aliphatic carbocycles. The molecule has 138 valence electrons. The predicted octanol–water partition coefficient (Wildman–Crippen LogP) is 2.41.